The molecule has 18 heavy (non-hydrogen) atoms. The van der Waals surface area contributed by atoms with Crippen molar-refractivity contribution in [1.82, 2.24) is 0 Å². The molecule has 0 fully saturated rings. The highest BCUT2D eigenvalue weighted by atomic mass is 32.1. The van der Waals surface area contributed by atoms with Crippen molar-refractivity contribution >= 4 is 17.0 Å². The van der Waals surface area contributed by atoms with Crippen LogP contribution in [0.1, 0.15) is 27.1 Å². The molecule has 0 unspecified atom stereocenters. The molecule has 0 radical (unpaired) electrons. The normalized spacial score (nSPS) is 10.4. The van der Waals surface area contributed by atoms with Crippen molar-refractivity contribution in [3.05, 3.63) is 39.3 Å². The highest BCUT2D eigenvalue weighted by Crippen LogP contribution is 2.38. The standard InChI is InChI=1S/C15H16N2S/c1-8-10(3)15(17)11(4)9(2)14(8)13-6-5-12(7-16)18-13/h5-6H,17H2,1-4H3. The third-order valence-corrected chi connectivity index (χ3v) is 4.65. The number of anilines is 1. The van der Waals surface area contributed by atoms with E-state index in [1.165, 1.54) is 28.0 Å². The molecule has 2 aromatic rings. The monoisotopic (exact) mass is 256 g/mol. The van der Waals surface area contributed by atoms with Crippen molar-refractivity contribution in [3.8, 4) is 16.5 Å². The number of hydrogen-bond acceptors (Lipinski definition) is 3. The molecule has 0 spiro atoms. The summed E-state index contributed by atoms with van der Waals surface area (Å²) >= 11 is 1.54. The number of hydrogen-bond donors (Lipinski definition) is 1. The van der Waals surface area contributed by atoms with Gasteiger partial charge < -0.3 is 5.73 Å². The van der Waals surface area contributed by atoms with Crippen molar-refractivity contribution in [3.63, 3.8) is 0 Å². The Hall–Kier alpha value is -1.79. The second-order valence-electron chi connectivity index (χ2n) is 4.56. The Kier molecular flexibility index (Phi) is 3.14. The fraction of sp³-hybridized carbons (Fsp3) is 0.267. The minimum Gasteiger partial charge on any atom is -0.398 e. The van der Waals surface area contributed by atoms with E-state index in [-0.39, 0.29) is 0 Å². The van der Waals surface area contributed by atoms with Gasteiger partial charge in [0.25, 0.3) is 0 Å². The van der Waals surface area contributed by atoms with Crippen LogP contribution >= 0.6 is 11.3 Å². The molecule has 0 saturated heterocycles. The Labute approximate surface area is 112 Å². The second-order valence-corrected chi connectivity index (χ2v) is 5.65. The van der Waals surface area contributed by atoms with Gasteiger partial charge in [0.15, 0.2) is 0 Å². The Morgan fingerprint density at radius 3 is 2.00 bits per heavy atom. The molecule has 2 N–H and O–H groups in total. The molecule has 92 valence electrons. The summed E-state index contributed by atoms with van der Waals surface area (Å²) in [4.78, 5) is 1.89. The van der Waals surface area contributed by atoms with Gasteiger partial charge in [-0.2, -0.15) is 5.26 Å². The number of benzene rings is 1. The van der Waals surface area contributed by atoms with Gasteiger partial charge in [0, 0.05) is 10.6 Å². The van der Waals surface area contributed by atoms with Gasteiger partial charge in [0.1, 0.15) is 10.9 Å². The smallest absolute Gasteiger partial charge is 0.110 e. The van der Waals surface area contributed by atoms with E-state index in [2.05, 4.69) is 33.8 Å². The predicted octanol–water partition coefficient (Wildman–Crippen LogP) is 4.10. The van der Waals surface area contributed by atoms with Gasteiger partial charge in [-0.25, -0.2) is 0 Å². The molecular formula is C15H16N2S. The van der Waals surface area contributed by atoms with Crippen LogP contribution in [0.15, 0.2) is 12.1 Å². The van der Waals surface area contributed by atoms with Crippen LogP contribution in [-0.2, 0) is 0 Å². The Bertz CT molecular complexity index is 631. The number of thiophene rings is 1. The van der Waals surface area contributed by atoms with E-state index < -0.39 is 0 Å². The van der Waals surface area contributed by atoms with Crippen molar-refractivity contribution in [1.29, 1.82) is 5.26 Å². The first kappa shape index (κ1) is 12.7. The summed E-state index contributed by atoms with van der Waals surface area (Å²) in [7, 11) is 0. The average molecular weight is 256 g/mol. The number of nitrogens with zero attached hydrogens (tertiary/aromatic N) is 1. The molecule has 1 aromatic carbocycles. The SMILES string of the molecule is Cc1c(C)c(-c2ccc(C#N)s2)c(C)c(C)c1N. The number of nitrogens with two attached hydrogens (primary N) is 1. The summed E-state index contributed by atoms with van der Waals surface area (Å²) < 4.78 is 0. The van der Waals surface area contributed by atoms with Gasteiger partial charge in [0.2, 0.25) is 0 Å². The molecule has 0 atom stereocenters. The quantitative estimate of drug-likeness (QED) is 0.781. The number of nitriles is 1. The Morgan fingerprint density at radius 1 is 1.00 bits per heavy atom. The van der Waals surface area contributed by atoms with Gasteiger partial charge in [-0.15, -0.1) is 11.3 Å². The van der Waals surface area contributed by atoms with Crippen molar-refractivity contribution in [2.24, 2.45) is 0 Å². The van der Waals surface area contributed by atoms with Crippen molar-refractivity contribution < 1.29 is 0 Å². The van der Waals surface area contributed by atoms with Gasteiger partial charge in [-0.1, -0.05) is 0 Å². The lowest BCUT2D eigenvalue weighted by Gasteiger charge is -2.17. The van der Waals surface area contributed by atoms with Crippen LogP contribution in [-0.4, -0.2) is 0 Å². The maximum atomic E-state index is 8.93. The van der Waals surface area contributed by atoms with Crippen molar-refractivity contribution in [2.75, 3.05) is 5.73 Å². The lowest BCUT2D eigenvalue weighted by atomic mass is 9.91. The zero-order valence-electron chi connectivity index (χ0n) is 11.1. The van der Waals surface area contributed by atoms with Gasteiger partial charge in [-0.05, 0) is 67.6 Å². The highest BCUT2D eigenvalue weighted by molar-refractivity contribution is 7.16. The average Bonchev–Trinajstić information content (AvgIpc) is 2.83. The molecule has 0 aliphatic rings. The minimum atomic E-state index is 0.746. The van der Waals surface area contributed by atoms with Gasteiger partial charge >= 0.3 is 0 Å². The van der Waals surface area contributed by atoms with Crippen LogP contribution in [0.5, 0.6) is 0 Å². The second kappa shape index (κ2) is 4.47. The van der Waals surface area contributed by atoms with Crippen LogP contribution < -0.4 is 5.73 Å². The first-order chi connectivity index (χ1) is 8.47. The lowest BCUT2D eigenvalue weighted by molar-refractivity contribution is 1.26. The maximum Gasteiger partial charge on any atom is 0.110 e. The summed E-state index contributed by atoms with van der Waals surface area (Å²) in [5.74, 6) is 0. The maximum absolute atomic E-state index is 8.93. The van der Waals surface area contributed by atoms with Gasteiger partial charge in [-0.3, -0.25) is 0 Å². The van der Waals surface area contributed by atoms with E-state index in [0.29, 0.717) is 0 Å². The van der Waals surface area contributed by atoms with E-state index in [9.17, 15) is 0 Å². The topological polar surface area (TPSA) is 49.8 Å². The molecule has 3 heteroatoms. The first-order valence-corrected chi connectivity index (χ1v) is 6.65. The van der Waals surface area contributed by atoms with E-state index in [1.807, 2.05) is 12.1 Å². The molecule has 2 nitrogen and oxygen atoms in total. The molecular weight excluding hydrogens is 240 g/mol. The molecule has 0 amide bonds. The molecule has 0 aliphatic heterocycles. The summed E-state index contributed by atoms with van der Waals surface area (Å²) in [6.07, 6.45) is 0. The molecule has 0 aliphatic carbocycles. The molecule has 0 saturated carbocycles. The Balaban J connectivity index is 2.76. The molecule has 1 aromatic heterocycles. The van der Waals surface area contributed by atoms with Gasteiger partial charge in [0.05, 0.1) is 0 Å². The summed E-state index contributed by atoms with van der Waals surface area (Å²) in [6, 6.07) is 6.09. The summed E-state index contributed by atoms with van der Waals surface area (Å²) in [5, 5.41) is 8.93. The third kappa shape index (κ3) is 1.79. The predicted molar refractivity (Wildman–Crippen MR) is 77.8 cm³/mol. The zero-order chi connectivity index (χ0) is 13.4. The lowest BCUT2D eigenvalue weighted by Crippen LogP contribution is -2.01. The largest absolute Gasteiger partial charge is 0.398 e. The van der Waals surface area contributed by atoms with E-state index in [4.69, 9.17) is 11.0 Å². The minimum absolute atomic E-state index is 0.746. The fourth-order valence-electron chi connectivity index (χ4n) is 2.24. The number of rotatable bonds is 1. The zero-order valence-corrected chi connectivity index (χ0v) is 11.9. The highest BCUT2D eigenvalue weighted by Gasteiger charge is 2.15. The van der Waals surface area contributed by atoms with Crippen LogP contribution in [0.3, 0.4) is 0 Å². The molecule has 0 bridgehead atoms. The van der Waals surface area contributed by atoms with Crippen LogP contribution in [0.25, 0.3) is 10.4 Å². The molecule has 2 rings (SSSR count). The van der Waals surface area contributed by atoms with Crippen LogP contribution in [0, 0.1) is 39.0 Å². The number of nitrogen functional groups attached to an aromatic ring is 1. The van der Waals surface area contributed by atoms with Crippen LogP contribution in [0.4, 0.5) is 5.69 Å². The third-order valence-electron chi connectivity index (χ3n) is 3.65. The van der Waals surface area contributed by atoms with E-state index in [0.717, 1.165) is 26.6 Å². The molecule has 1 heterocycles. The van der Waals surface area contributed by atoms with Crippen molar-refractivity contribution in [2.45, 2.75) is 27.7 Å². The van der Waals surface area contributed by atoms with E-state index >= 15 is 0 Å². The Morgan fingerprint density at radius 2 is 1.56 bits per heavy atom. The van der Waals surface area contributed by atoms with E-state index in [1.54, 1.807) is 0 Å². The summed E-state index contributed by atoms with van der Waals surface area (Å²) in [6.45, 7) is 8.30. The first-order valence-electron chi connectivity index (χ1n) is 5.83. The van der Waals surface area contributed by atoms with Crippen LogP contribution in [0.2, 0.25) is 0 Å². The summed E-state index contributed by atoms with van der Waals surface area (Å²) in [5.41, 5.74) is 12.9. The fourth-order valence-corrected chi connectivity index (χ4v) is 3.21.